The number of aryl methyl sites for hydroxylation is 1. The van der Waals surface area contributed by atoms with E-state index in [1.807, 2.05) is 13.8 Å². The summed E-state index contributed by atoms with van der Waals surface area (Å²) < 4.78 is 14.6. The minimum Gasteiger partial charge on any atom is -0.303 e. The third kappa shape index (κ3) is 3.42. The van der Waals surface area contributed by atoms with Crippen LogP contribution in [0, 0.1) is 19.7 Å². The van der Waals surface area contributed by atoms with Crippen LogP contribution in [0.4, 0.5) is 10.2 Å². The van der Waals surface area contributed by atoms with Crippen LogP contribution < -0.4 is 5.32 Å². The largest absolute Gasteiger partial charge is 0.303 e. The Morgan fingerprint density at radius 2 is 2.00 bits per heavy atom. The Balaban J connectivity index is 1.76. The molecule has 3 rings (SSSR count). The molecule has 0 saturated carbocycles. The van der Waals surface area contributed by atoms with E-state index in [1.165, 1.54) is 12.1 Å². The quantitative estimate of drug-likeness (QED) is 0.746. The molecule has 2 heterocycles. The molecule has 0 spiro atoms. The summed E-state index contributed by atoms with van der Waals surface area (Å²) in [6, 6.07) is 6.13. The fourth-order valence-corrected chi connectivity index (χ4v) is 2.55. The van der Waals surface area contributed by atoms with Crippen LogP contribution in [-0.4, -0.2) is 31.1 Å². The van der Waals surface area contributed by atoms with Crippen molar-refractivity contribution in [2.45, 2.75) is 33.7 Å². The van der Waals surface area contributed by atoms with Crippen LogP contribution in [0.25, 0.3) is 0 Å². The zero-order chi connectivity index (χ0) is 18.0. The van der Waals surface area contributed by atoms with Crippen LogP contribution in [-0.2, 0) is 13.0 Å². The zero-order valence-corrected chi connectivity index (χ0v) is 14.3. The van der Waals surface area contributed by atoms with Gasteiger partial charge in [-0.05, 0) is 38.0 Å². The Morgan fingerprint density at radius 3 is 2.64 bits per heavy atom. The fourth-order valence-electron chi connectivity index (χ4n) is 2.55. The molecule has 8 heteroatoms. The van der Waals surface area contributed by atoms with Crippen molar-refractivity contribution in [3.8, 4) is 0 Å². The maximum absolute atomic E-state index is 13.0. The van der Waals surface area contributed by atoms with Crippen LogP contribution in [0.5, 0.6) is 0 Å². The van der Waals surface area contributed by atoms with Crippen LogP contribution in [0.2, 0.25) is 0 Å². The lowest BCUT2D eigenvalue weighted by atomic mass is 10.2. The van der Waals surface area contributed by atoms with Crippen molar-refractivity contribution in [3.63, 3.8) is 0 Å². The Hall–Kier alpha value is -3.03. The number of anilines is 1. The summed E-state index contributed by atoms with van der Waals surface area (Å²) in [6.07, 6.45) is 0.807. The molecule has 0 atom stereocenters. The van der Waals surface area contributed by atoms with Gasteiger partial charge < -0.3 is 5.32 Å². The summed E-state index contributed by atoms with van der Waals surface area (Å²) in [5, 5.41) is 17.8. The predicted octanol–water partition coefficient (Wildman–Crippen LogP) is 2.62. The maximum atomic E-state index is 13.0. The number of carbonyl (C=O) groups excluding carboxylic acids is 1. The van der Waals surface area contributed by atoms with Gasteiger partial charge in [-0.15, -0.1) is 5.10 Å². The van der Waals surface area contributed by atoms with Gasteiger partial charge in [0.15, 0.2) is 11.5 Å². The Bertz CT molecular complexity index is 897. The summed E-state index contributed by atoms with van der Waals surface area (Å²) in [5.74, 6) is -0.158. The van der Waals surface area contributed by atoms with Crippen LogP contribution in [0.1, 0.15) is 39.9 Å². The van der Waals surface area contributed by atoms with Gasteiger partial charge in [-0.3, -0.25) is 9.89 Å². The van der Waals surface area contributed by atoms with E-state index in [4.69, 9.17) is 0 Å². The standard InChI is InChI=1S/C17H19FN6O/c1-4-14-10(2)16(22-20-14)19-17(25)15-11(3)24(23-21-15)9-12-5-7-13(18)8-6-12/h5-8H,4,9H2,1-3H3,(H2,19,20,22,25). The highest BCUT2D eigenvalue weighted by atomic mass is 19.1. The lowest BCUT2D eigenvalue weighted by molar-refractivity contribution is 0.102. The van der Waals surface area contributed by atoms with Crippen molar-refractivity contribution in [3.05, 3.63) is 58.3 Å². The van der Waals surface area contributed by atoms with E-state index in [1.54, 1.807) is 23.7 Å². The molecular formula is C17H19FN6O. The molecule has 1 aromatic carbocycles. The molecule has 2 aromatic heterocycles. The number of nitrogens with one attached hydrogen (secondary N) is 2. The fraction of sp³-hybridized carbons (Fsp3) is 0.294. The summed E-state index contributed by atoms with van der Waals surface area (Å²) in [4.78, 5) is 12.5. The molecule has 0 aliphatic rings. The number of amides is 1. The Kier molecular flexibility index (Phi) is 4.60. The van der Waals surface area contributed by atoms with E-state index < -0.39 is 0 Å². The topological polar surface area (TPSA) is 88.5 Å². The third-order valence-corrected chi connectivity index (χ3v) is 4.14. The molecule has 0 bridgehead atoms. The molecule has 2 N–H and O–H groups in total. The Morgan fingerprint density at radius 1 is 1.28 bits per heavy atom. The van der Waals surface area contributed by atoms with Gasteiger partial charge >= 0.3 is 0 Å². The van der Waals surface area contributed by atoms with Gasteiger partial charge in [-0.1, -0.05) is 24.3 Å². The zero-order valence-electron chi connectivity index (χ0n) is 14.3. The maximum Gasteiger partial charge on any atom is 0.279 e. The molecule has 0 aliphatic carbocycles. The van der Waals surface area contributed by atoms with Crippen molar-refractivity contribution in [1.29, 1.82) is 0 Å². The molecule has 0 saturated heterocycles. The average molecular weight is 342 g/mol. The monoisotopic (exact) mass is 342 g/mol. The number of aromatic nitrogens is 5. The van der Waals surface area contributed by atoms with Gasteiger partial charge in [0, 0.05) is 11.3 Å². The number of H-pyrrole nitrogens is 1. The van der Waals surface area contributed by atoms with E-state index in [9.17, 15) is 9.18 Å². The van der Waals surface area contributed by atoms with Gasteiger partial charge in [0.1, 0.15) is 5.82 Å². The number of carbonyl (C=O) groups is 1. The lowest BCUT2D eigenvalue weighted by Crippen LogP contribution is -2.15. The summed E-state index contributed by atoms with van der Waals surface area (Å²) in [5.41, 5.74) is 3.63. The second kappa shape index (κ2) is 6.84. The molecule has 3 aromatic rings. The molecule has 25 heavy (non-hydrogen) atoms. The van der Waals surface area contributed by atoms with E-state index in [2.05, 4.69) is 25.8 Å². The molecule has 0 unspecified atom stereocenters. The molecule has 1 amide bonds. The van der Waals surface area contributed by atoms with E-state index in [-0.39, 0.29) is 17.4 Å². The second-order valence-electron chi connectivity index (χ2n) is 5.79. The number of nitrogens with zero attached hydrogens (tertiary/aromatic N) is 4. The first-order valence-electron chi connectivity index (χ1n) is 7.99. The van der Waals surface area contributed by atoms with Gasteiger partial charge in [0.25, 0.3) is 5.91 Å². The normalized spacial score (nSPS) is 10.9. The van der Waals surface area contributed by atoms with Gasteiger partial charge in [-0.25, -0.2) is 9.07 Å². The molecular weight excluding hydrogens is 323 g/mol. The number of aromatic amines is 1. The van der Waals surface area contributed by atoms with Crippen molar-refractivity contribution in [1.82, 2.24) is 25.2 Å². The number of halogens is 1. The van der Waals surface area contributed by atoms with Crippen molar-refractivity contribution in [2.75, 3.05) is 5.32 Å². The lowest BCUT2D eigenvalue weighted by Gasteiger charge is -2.05. The van der Waals surface area contributed by atoms with Crippen molar-refractivity contribution >= 4 is 11.7 Å². The Labute approximate surface area is 144 Å². The third-order valence-electron chi connectivity index (χ3n) is 4.14. The first-order chi connectivity index (χ1) is 12.0. The highest BCUT2D eigenvalue weighted by molar-refractivity contribution is 6.03. The number of hydrogen-bond acceptors (Lipinski definition) is 4. The van der Waals surface area contributed by atoms with Gasteiger partial charge in [0.05, 0.1) is 12.2 Å². The minimum atomic E-state index is -0.361. The number of rotatable bonds is 5. The van der Waals surface area contributed by atoms with Crippen molar-refractivity contribution in [2.24, 2.45) is 0 Å². The van der Waals surface area contributed by atoms with Crippen LogP contribution in [0.3, 0.4) is 0 Å². The van der Waals surface area contributed by atoms with E-state index in [0.29, 0.717) is 18.1 Å². The van der Waals surface area contributed by atoms with Crippen molar-refractivity contribution < 1.29 is 9.18 Å². The average Bonchev–Trinajstić information content (AvgIpc) is 3.13. The molecule has 0 radical (unpaired) electrons. The minimum absolute atomic E-state index is 0.238. The van der Waals surface area contributed by atoms with Crippen LogP contribution in [0.15, 0.2) is 24.3 Å². The number of benzene rings is 1. The van der Waals surface area contributed by atoms with Crippen LogP contribution >= 0.6 is 0 Å². The number of hydrogen-bond donors (Lipinski definition) is 2. The van der Waals surface area contributed by atoms with Gasteiger partial charge in [0.2, 0.25) is 0 Å². The van der Waals surface area contributed by atoms with E-state index >= 15 is 0 Å². The van der Waals surface area contributed by atoms with Gasteiger partial charge in [-0.2, -0.15) is 5.10 Å². The molecule has 7 nitrogen and oxygen atoms in total. The molecule has 0 fully saturated rings. The smallest absolute Gasteiger partial charge is 0.279 e. The first-order valence-corrected chi connectivity index (χ1v) is 7.99. The summed E-state index contributed by atoms with van der Waals surface area (Å²) >= 11 is 0. The highest BCUT2D eigenvalue weighted by Crippen LogP contribution is 2.17. The predicted molar refractivity (Wildman–Crippen MR) is 90.9 cm³/mol. The SMILES string of the molecule is CCc1[nH]nc(NC(=O)c2nnn(Cc3ccc(F)cc3)c2C)c1C. The summed E-state index contributed by atoms with van der Waals surface area (Å²) in [7, 11) is 0. The van der Waals surface area contributed by atoms with E-state index in [0.717, 1.165) is 23.2 Å². The highest BCUT2D eigenvalue weighted by Gasteiger charge is 2.19. The summed E-state index contributed by atoms with van der Waals surface area (Å²) in [6.45, 7) is 6.09. The first kappa shape index (κ1) is 16.8. The molecule has 0 aliphatic heterocycles. The second-order valence-corrected chi connectivity index (χ2v) is 5.79. The molecule has 130 valence electrons.